The molecule has 2 heterocycles. The average molecular weight is 397 g/mol. The number of anilines is 1. The molecular weight excluding hydrogens is 378 g/mol. The number of hydrogen-bond acceptors (Lipinski definition) is 3. The summed E-state index contributed by atoms with van der Waals surface area (Å²) in [7, 11) is 1.54. The number of benzene rings is 2. The van der Waals surface area contributed by atoms with E-state index in [2.05, 4.69) is 10.6 Å². The molecule has 0 spiro atoms. The number of carbonyl (C=O) groups is 3. The van der Waals surface area contributed by atoms with Gasteiger partial charge in [0.1, 0.15) is 5.69 Å². The van der Waals surface area contributed by atoms with Crippen LogP contribution >= 0.6 is 0 Å². The van der Waals surface area contributed by atoms with Gasteiger partial charge < -0.3 is 15.0 Å². The second-order valence-corrected chi connectivity index (χ2v) is 6.71. The molecule has 30 heavy (non-hydrogen) atoms. The molecule has 2 aromatic carbocycles. The molecule has 0 radical (unpaired) electrons. The lowest BCUT2D eigenvalue weighted by molar-refractivity contribution is -0.112. The fourth-order valence-electron chi connectivity index (χ4n) is 3.34. The Morgan fingerprint density at radius 2 is 1.53 bits per heavy atom. The number of hydrogen-bond donors (Lipinski definition) is 2. The average Bonchev–Trinajstić information content (AvgIpc) is 3.18. The van der Waals surface area contributed by atoms with Gasteiger partial charge in [-0.2, -0.15) is 0 Å². The molecule has 0 unspecified atom stereocenters. The highest BCUT2D eigenvalue weighted by molar-refractivity contribution is 6.47. The molecule has 2 N–H and O–H groups in total. The summed E-state index contributed by atoms with van der Waals surface area (Å²) < 4.78 is 1.72. The highest BCUT2D eigenvalue weighted by Crippen LogP contribution is 2.28. The maximum Gasteiger partial charge on any atom is 0.298 e. The number of amides is 2. The topological polar surface area (TPSA) is 79.7 Å². The SMILES string of the molecule is CNC(=O)c1ccc(NC(=O)C(=O)c2c(-c3ccccc3)cc3ccccn23)cc1. The Morgan fingerprint density at radius 3 is 2.23 bits per heavy atom. The maximum absolute atomic E-state index is 13.1. The van der Waals surface area contributed by atoms with Gasteiger partial charge in [-0.15, -0.1) is 0 Å². The third kappa shape index (κ3) is 3.58. The van der Waals surface area contributed by atoms with Crippen LogP contribution < -0.4 is 10.6 Å². The molecule has 4 rings (SSSR count). The van der Waals surface area contributed by atoms with Gasteiger partial charge in [0.2, 0.25) is 0 Å². The van der Waals surface area contributed by atoms with Gasteiger partial charge in [-0.25, -0.2) is 0 Å². The summed E-state index contributed by atoms with van der Waals surface area (Å²) in [6, 6.07) is 23.3. The van der Waals surface area contributed by atoms with Crippen molar-refractivity contribution in [3.8, 4) is 11.1 Å². The molecule has 0 saturated carbocycles. The normalized spacial score (nSPS) is 10.6. The van der Waals surface area contributed by atoms with Gasteiger partial charge in [0.05, 0.1) is 0 Å². The minimum atomic E-state index is -0.747. The van der Waals surface area contributed by atoms with Crippen LogP contribution in [0.4, 0.5) is 5.69 Å². The first-order chi connectivity index (χ1) is 14.6. The molecule has 0 bridgehead atoms. The molecule has 0 fully saturated rings. The van der Waals surface area contributed by atoms with Crippen molar-refractivity contribution >= 4 is 28.8 Å². The molecule has 6 nitrogen and oxygen atoms in total. The van der Waals surface area contributed by atoms with Crippen molar-refractivity contribution < 1.29 is 14.4 Å². The van der Waals surface area contributed by atoms with Crippen molar-refractivity contribution in [3.05, 3.63) is 96.3 Å². The minimum absolute atomic E-state index is 0.226. The lowest BCUT2D eigenvalue weighted by atomic mass is 10.0. The van der Waals surface area contributed by atoms with Crippen LogP contribution in [0.1, 0.15) is 20.8 Å². The Bertz CT molecular complexity index is 1240. The minimum Gasteiger partial charge on any atom is -0.355 e. The van der Waals surface area contributed by atoms with Gasteiger partial charge in [0, 0.05) is 35.6 Å². The first kappa shape index (κ1) is 19.1. The van der Waals surface area contributed by atoms with E-state index in [-0.39, 0.29) is 5.91 Å². The fraction of sp³-hybridized carbons (Fsp3) is 0.0417. The molecule has 0 atom stereocenters. The van der Waals surface area contributed by atoms with Gasteiger partial charge >= 0.3 is 0 Å². The molecule has 4 aromatic rings. The van der Waals surface area contributed by atoms with Crippen molar-refractivity contribution in [2.24, 2.45) is 0 Å². The Hall–Kier alpha value is -4.19. The van der Waals surface area contributed by atoms with Crippen molar-refractivity contribution in [3.63, 3.8) is 0 Å². The number of Topliss-reactive ketones (excluding diaryl/α,β-unsaturated/α-hetero) is 1. The van der Waals surface area contributed by atoms with Crippen LogP contribution in [-0.4, -0.2) is 29.0 Å². The Morgan fingerprint density at radius 1 is 0.833 bits per heavy atom. The summed E-state index contributed by atoms with van der Waals surface area (Å²) in [5.74, 6) is -1.62. The van der Waals surface area contributed by atoms with Gasteiger partial charge in [0.25, 0.3) is 17.6 Å². The predicted octanol–water partition coefficient (Wildman–Crippen LogP) is 3.79. The molecular formula is C24H19N3O3. The van der Waals surface area contributed by atoms with E-state index < -0.39 is 11.7 Å². The number of nitrogens with zero attached hydrogens (tertiary/aromatic N) is 1. The van der Waals surface area contributed by atoms with E-state index in [1.54, 1.807) is 41.9 Å². The third-order valence-corrected chi connectivity index (χ3v) is 4.82. The monoisotopic (exact) mass is 397 g/mol. The zero-order valence-electron chi connectivity index (χ0n) is 16.3. The number of fused-ring (bicyclic) bond motifs is 1. The lowest BCUT2D eigenvalue weighted by Crippen LogP contribution is -2.24. The lowest BCUT2D eigenvalue weighted by Gasteiger charge is -2.08. The fourth-order valence-corrected chi connectivity index (χ4v) is 3.34. The van der Waals surface area contributed by atoms with Gasteiger partial charge in [-0.3, -0.25) is 14.4 Å². The van der Waals surface area contributed by atoms with Crippen LogP contribution in [0.2, 0.25) is 0 Å². The molecule has 0 aliphatic rings. The van der Waals surface area contributed by atoms with E-state index in [0.717, 1.165) is 11.1 Å². The number of ketones is 1. The summed E-state index contributed by atoms with van der Waals surface area (Å²) >= 11 is 0. The second kappa shape index (κ2) is 8.05. The summed E-state index contributed by atoms with van der Waals surface area (Å²) in [5.41, 5.74) is 3.57. The number of aromatic nitrogens is 1. The van der Waals surface area contributed by atoms with Crippen molar-refractivity contribution in [2.75, 3.05) is 12.4 Å². The Balaban J connectivity index is 1.67. The van der Waals surface area contributed by atoms with E-state index in [0.29, 0.717) is 22.5 Å². The van der Waals surface area contributed by atoms with E-state index in [1.807, 2.05) is 54.6 Å². The van der Waals surface area contributed by atoms with E-state index >= 15 is 0 Å². The molecule has 2 aromatic heterocycles. The number of nitrogens with one attached hydrogen (secondary N) is 2. The maximum atomic E-state index is 13.1. The second-order valence-electron chi connectivity index (χ2n) is 6.71. The Labute approximate surface area is 173 Å². The smallest absolute Gasteiger partial charge is 0.298 e. The van der Waals surface area contributed by atoms with Crippen LogP contribution in [0.15, 0.2) is 85.1 Å². The zero-order valence-corrected chi connectivity index (χ0v) is 16.3. The third-order valence-electron chi connectivity index (χ3n) is 4.82. The van der Waals surface area contributed by atoms with E-state index in [4.69, 9.17) is 0 Å². The largest absolute Gasteiger partial charge is 0.355 e. The molecule has 6 heteroatoms. The molecule has 0 aliphatic carbocycles. The standard InChI is InChI=1S/C24H19N3O3/c1-25-23(29)17-10-12-18(13-11-17)26-24(30)22(28)21-20(16-7-3-2-4-8-16)15-19-9-5-6-14-27(19)21/h2-15H,1H3,(H,25,29)(H,26,30). The van der Waals surface area contributed by atoms with Crippen LogP contribution in [-0.2, 0) is 4.79 Å². The van der Waals surface area contributed by atoms with Crippen molar-refractivity contribution in [1.82, 2.24) is 9.72 Å². The summed E-state index contributed by atoms with van der Waals surface area (Å²) in [6.07, 6.45) is 1.76. The summed E-state index contributed by atoms with van der Waals surface area (Å²) in [6.45, 7) is 0. The van der Waals surface area contributed by atoms with Crippen LogP contribution in [0.25, 0.3) is 16.6 Å². The van der Waals surface area contributed by atoms with Crippen LogP contribution in [0, 0.1) is 0 Å². The number of rotatable bonds is 5. The van der Waals surface area contributed by atoms with Crippen LogP contribution in [0.3, 0.4) is 0 Å². The summed E-state index contributed by atoms with van der Waals surface area (Å²) in [4.78, 5) is 37.6. The zero-order chi connectivity index (χ0) is 21.1. The summed E-state index contributed by atoms with van der Waals surface area (Å²) in [5, 5.41) is 5.16. The van der Waals surface area contributed by atoms with Gasteiger partial charge in [-0.1, -0.05) is 36.4 Å². The van der Waals surface area contributed by atoms with Crippen molar-refractivity contribution in [1.29, 1.82) is 0 Å². The Kier molecular flexibility index (Phi) is 5.13. The highest BCUT2D eigenvalue weighted by atomic mass is 16.2. The first-order valence-corrected chi connectivity index (χ1v) is 9.42. The van der Waals surface area contributed by atoms with Crippen molar-refractivity contribution in [2.45, 2.75) is 0 Å². The molecule has 0 aliphatic heterocycles. The quantitative estimate of drug-likeness (QED) is 0.397. The highest BCUT2D eigenvalue weighted by Gasteiger charge is 2.24. The number of pyridine rings is 1. The molecule has 2 amide bonds. The van der Waals surface area contributed by atoms with Crippen LogP contribution in [0.5, 0.6) is 0 Å². The predicted molar refractivity (Wildman–Crippen MR) is 116 cm³/mol. The number of carbonyl (C=O) groups excluding carboxylic acids is 3. The van der Waals surface area contributed by atoms with Gasteiger partial charge in [-0.05, 0) is 48.0 Å². The molecule has 148 valence electrons. The first-order valence-electron chi connectivity index (χ1n) is 9.42. The van der Waals surface area contributed by atoms with E-state index in [9.17, 15) is 14.4 Å². The molecule has 0 saturated heterocycles. The van der Waals surface area contributed by atoms with Gasteiger partial charge in [0.15, 0.2) is 0 Å². The van der Waals surface area contributed by atoms with E-state index in [1.165, 1.54) is 0 Å².